The fourth-order valence-electron chi connectivity index (χ4n) is 5.60. The minimum atomic E-state index is -4.72. The number of anilines is 1. The lowest BCUT2D eigenvalue weighted by Crippen LogP contribution is -2.40. The van der Waals surface area contributed by atoms with Crippen molar-refractivity contribution in [1.82, 2.24) is 14.9 Å². The van der Waals surface area contributed by atoms with Crippen molar-refractivity contribution in [3.8, 4) is 0 Å². The van der Waals surface area contributed by atoms with Crippen LogP contribution in [0.25, 0.3) is 0 Å². The third-order valence-corrected chi connectivity index (χ3v) is 7.62. The van der Waals surface area contributed by atoms with Gasteiger partial charge in [-0.25, -0.2) is 9.37 Å². The van der Waals surface area contributed by atoms with Crippen LogP contribution in [0.4, 0.5) is 23.2 Å². The van der Waals surface area contributed by atoms with E-state index in [1.54, 1.807) is 7.05 Å². The Balaban J connectivity index is 1.52. The Kier molecular flexibility index (Phi) is 7.20. The number of aryl methyl sites for hydroxylation is 2. The highest BCUT2D eigenvalue weighted by Crippen LogP contribution is 2.45. The van der Waals surface area contributed by atoms with Crippen LogP contribution >= 0.6 is 0 Å². The standard InChI is InChI=1S/C29H32F4N4O/c1-3-23-27-25(13-9-18-8-12-21(22(30)16-18)29(31,32)33)36(14-15-37(27)28(35-23)19-10-11-19)24-7-5-4-6-20(24)17-26(38)34-2/h4-8,12,16,19,25H,3,9-11,13-15,17H2,1-2H3,(H,34,38)/t25-/m0/s1. The van der Waals surface area contributed by atoms with Gasteiger partial charge in [-0.3, -0.25) is 4.79 Å². The maximum absolute atomic E-state index is 14.3. The maximum Gasteiger partial charge on any atom is 0.419 e. The second-order valence-electron chi connectivity index (χ2n) is 10.1. The van der Waals surface area contributed by atoms with Crippen molar-refractivity contribution in [3.05, 3.63) is 82.2 Å². The van der Waals surface area contributed by atoms with E-state index in [-0.39, 0.29) is 18.4 Å². The van der Waals surface area contributed by atoms with Crippen LogP contribution in [-0.4, -0.2) is 29.1 Å². The number of aromatic nitrogens is 2. The van der Waals surface area contributed by atoms with E-state index in [9.17, 15) is 22.4 Å². The van der Waals surface area contributed by atoms with Crippen LogP contribution in [-0.2, 0) is 36.8 Å². The molecule has 0 radical (unpaired) electrons. The van der Waals surface area contributed by atoms with Crippen LogP contribution in [0, 0.1) is 5.82 Å². The summed E-state index contributed by atoms with van der Waals surface area (Å²) in [5.41, 5.74) is 3.30. The van der Waals surface area contributed by atoms with Gasteiger partial charge in [0, 0.05) is 31.7 Å². The Morgan fingerprint density at radius 3 is 2.55 bits per heavy atom. The predicted octanol–water partition coefficient (Wildman–Crippen LogP) is 5.96. The summed E-state index contributed by atoms with van der Waals surface area (Å²) in [5, 5.41) is 2.69. The molecular weight excluding hydrogens is 496 g/mol. The Morgan fingerprint density at radius 2 is 1.89 bits per heavy atom. The number of fused-ring (bicyclic) bond motifs is 1. The molecule has 1 aliphatic heterocycles. The van der Waals surface area contributed by atoms with Gasteiger partial charge in [-0.1, -0.05) is 31.2 Å². The van der Waals surface area contributed by atoms with E-state index >= 15 is 0 Å². The molecule has 38 heavy (non-hydrogen) atoms. The fraction of sp³-hybridized carbons (Fsp3) is 0.448. The first-order valence-corrected chi connectivity index (χ1v) is 13.2. The molecule has 1 fully saturated rings. The number of nitrogens with zero attached hydrogens (tertiary/aromatic N) is 3. The Hall–Kier alpha value is -3.36. The lowest BCUT2D eigenvalue weighted by atomic mass is 9.95. The van der Waals surface area contributed by atoms with Gasteiger partial charge in [-0.2, -0.15) is 13.2 Å². The zero-order chi connectivity index (χ0) is 27.0. The molecule has 2 aromatic carbocycles. The number of likely N-dealkylation sites (N-methyl/N-ethyl adjacent to an activating group) is 1. The zero-order valence-corrected chi connectivity index (χ0v) is 21.6. The number of amides is 1. The molecule has 1 aromatic heterocycles. The van der Waals surface area contributed by atoms with Gasteiger partial charge >= 0.3 is 6.18 Å². The minimum Gasteiger partial charge on any atom is -0.361 e. The van der Waals surface area contributed by atoms with Crippen molar-refractivity contribution < 1.29 is 22.4 Å². The minimum absolute atomic E-state index is 0.0819. The van der Waals surface area contributed by atoms with Crippen molar-refractivity contribution in [3.63, 3.8) is 0 Å². The van der Waals surface area contributed by atoms with Crippen LogP contribution in [0.1, 0.15) is 72.0 Å². The monoisotopic (exact) mass is 528 g/mol. The van der Waals surface area contributed by atoms with Gasteiger partial charge in [0.25, 0.3) is 0 Å². The van der Waals surface area contributed by atoms with Crippen LogP contribution in [0.2, 0.25) is 0 Å². The summed E-state index contributed by atoms with van der Waals surface area (Å²) in [6.45, 7) is 3.57. The summed E-state index contributed by atoms with van der Waals surface area (Å²) >= 11 is 0. The van der Waals surface area contributed by atoms with Crippen molar-refractivity contribution >= 4 is 11.6 Å². The average Bonchev–Trinajstić information content (AvgIpc) is 3.67. The molecule has 0 bridgehead atoms. The van der Waals surface area contributed by atoms with Crippen molar-refractivity contribution in [1.29, 1.82) is 0 Å². The third kappa shape index (κ3) is 5.15. The summed E-state index contributed by atoms with van der Waals surface area (Å²) in [4.78, 5) is 19.6. The number of imidazole rings is 1. The van der Waals surface area contributed by atoms with Gasteiger partial charge in [0.15, 0.2) is 0 Å². The number of alkyl halides is 3. The highest BCUT2D eigenvalue weighted by Gasteiger charge is 2.38. The van der Waals surface area contributed by atoms with Crippen LogP contribution in [0.5, 0.6) is 0 Å². The number of rotatable bonds is 8. The molecular formula is C29H32F4N4O. The summed E-state index contributed by atoms with van der Waals surface area (Å²) in [7, 11) is 1.61. The number of benzene rings is 2. The number of carbonyl (C=O) groups excluding carboxylic acids is 1. The average molecular weight is 529 g/mol. The smallest absolute Gasteiger partial charge is 0.361 e. The number of hydrogen-bond donors (Lipinski definition) is 1. The topological polar surface area (TPSA) is 50.2 Å². The molecule has 1 saturated carbocycles. The number of para-hydroxylation sites is 1. The van der Waals surface area contributed by atoms with Gasteiger partial charge < -0.3 is 14.8 Å². The first-order chi connectivity index (χ1) is 18.2. The molecule has 0 spiro atoms. The van der Waals surface area contributed by atoms with Gasteiger partial charge in [0.2, 0.25) is 5.91 Å². The largest absolute Gasteiger partial charge is 0.419 e. The Labute approximate surface area is 219 Å². The summed E-state index contributed by atoms with van der Waals surface area (Å²) in [6, 6.07) is 10.9. The van der Waals surface area contributed by atoms with E-state index < -0.39 is 17.6 Å². The summed E-state index contributed by atoms with van der Waals surface area (Å²) < 4.78 is 55.9. The van der Waals surface area contributed by atoms with Crippen LogP contribution in [0.3, 0.4) is 0 Å². The molecule has 9 heteroatoms. The number of hydrogen-bond acceptors (Lipinski definition) is 3. The molecule has 3 aromatic rings. The molecule has 0 unspecified atom stereocenters. The highest BCUT2D eigenvalue weighted by molar-refractivity contribution is 5.80. The van der Waals surface area contributed by atoms with Crippen LogP contribution in [0.15, 0.2) is 42.5 Å². The highest BCUT2D eigenvalue weighted by atomic mass is 19.4. The van der Waals surface area contributed by atoms with Gasteiger partial charge in [-0.05, 0) is 61.4 Å². The van der Waals surface area contributed by atoms with Crippen LogP contribution < -0.4 is 10.2 Å². The van der Waals surface area contributed by atoms with E-state index in [1.165, 1.54) is 6.07 Å². The van der Waals surface area contributed by atoms with Crippen molar-refractivity contribution in [2.45, 2.75) is 70.1 Å². The van der Waals surface area contributed by atoms with E-state index in [1.807, 2.05) is 24.3 Å². The molecule has 2 aliphatic rings. The van der Waals surface area contributed by atoms with E-state index in [2.05, 4.69) is 21.7 Å². The van der Waals surface area contributed by atoms with Gasteiger partial charge in [0.05, 0.1) is 29.4 Å². The van der Waals surface area contributed by atoms with Crippen molar-refractivity contribution in [2.24, 2.45) is 0 Å². The van der Waals surface area contributed by atoms with Gasteiger partial charge in [-0.15, -0.1) is 0 Å². The lowest BCUT2D eigenvalue weighted by molar-refractivity contribution is -0.140. The Bertz CT molecular complexity index is 1330. The quantitative estimate of drug-likeness (QED) is 0.367. The number of nitrogens with one attached hydrogen (secondary N) is 1. The second kappa shape index (κ2) is 10.4. The normalized spacial score (nSPS) is 17.4. The zero-order valence-electron chi connectivity index (χ0n) is 21.6. The molecule has 0 saturated heterocycles. The lowest BCUT2D eigenvalue weighted by Gasteiger charge is -2.40. The molecule has 2 heterocycles. The summed E-state index contributed by atoms with van der Waals surface area (Å²) in [5.74, 6) is 0.273. The molecule has 202 valence electrons. The first-order valence-electron chi connectivity index (χ1n) is 13.2. The third-order valence-electron chi connectivity index (χ3n) is 7.62. The predicted molar refractivity (Wildman–Crippen MR) is 138 cm³/mol. The first kappa shape index (κ1) is 26.3. The second-order valence-corrected chi connectivity index (χ2v) is 10.1. The molecule has 5 rings (SSSR count). The molecule has 1 atom stereocenters. The van der Waals surface area contributed by atoms with E-state index in [0.717, 1.165) is 66.4 Å². The molecule has 1 aliphatic carbocycles. The van der Waals surface area contributed by atoms with Crippen molar-refractivity contribution in [2.75, 3.05) is 18.5 Å². The number of halogens is 4. The fourth-order valence-corrected chi connectivity index (χ4v) is 5.60. The SMILES string of the molecule is CCc1nc(C2CC2)n2c1[C@H](CCc1ccc(C(F)(F)F)c(F)c1)N(c1ccccc1CC(=O)NC)CC2. The molecule has 1 N–H and O–H groups in total. The summed E-state index contributed by atoms with van der Waals surface area (Å²) in [6.07, 6.45) is -0.474. The molecule has 5 nitrogen and oxygen atoms in total. The molecule has 1 amide bonds. The van der Waals surface area contributed by atoms with E-state index in [4.69, 9.17) is 4.98 Å². The number of carbonyl (C=O) groups is 1. The maximum atomic E-state index is 14.3. The van der Waals surface area contributed by atoms with Gasteiger partial charge in [0.1, 0.15) is 11.6 Å². The van der Waals surface area contributed by atoms with E-state index in [0.29, 0.717) is 30.9 Å². The Morgan fingerprint density at radius 1 is 1.13 bits per heavy atom.